The second-order valence-corrected chi connectivity index (χ2v) is 4.31. The highest BCUT2D eigenvalue weighted by molar-refractivity contribution is 5.89. The molecule has 1 aromatic heterocycles. The number of methoxy groups -OCH3 is 1. The van der Waals surface area contributed by atoms with E-state index in [4.69, 9.17) is 4.74 Å². The fraction of sp³-hybridized carbons (Fsp3) is 0.200. The molecular weight excluding hydrogens is 272 g/mol. The van der Waals surface area contributed by atoms with E-state index in [1.54, 1.807) is 31.2 Å². The monoisotopic (exact) mass is 286 g/mol. The zero-order chi connectivity index (χ0) is 15.2. The summed E-state index contributed by atoms with van der Waals surface area (Å²) in [7, 11) is 1.31. The first-order valence-electron chi connectivity index (χ1n) is 6.23. The van der Waals surface area contributed by atoms with E-state index in [9.17, 15) is 9.59 Å². The number of carbonyl (C=O) groups is 2. The summed E-state index contributed by atoms with van der Waals surface area (Å²) in [6, 6.07) is 6.68. The van der Waals surface area contributed by atoms with Gasteiger partial charge in [-0.15, -0.1) is 0 Å². The Kier molecular flexibility index (Phi) is 4.61. The van der Waals surface area contributed by atoms with E-state index in [0.717, 1.165) is 5.69 Å². The number of aromatic nitrogens is 2. The summed E-state index contributed by atoms with van der Waals surface area (Å²) in [5, 5.41) is 0. The highest BCUT2D eigenvalue weighted by atomic mass is 16.5. The molecule has 0 aliphatic heterocycles. The summed E-state index contributed by atoms with van der Waals surface area (Å²) >= 11 is 0. The molecule has 2 rings (SSSR count). The van der Waals surface area contributed by atoms with Crippen LogP contribution in [0.2, 0.25) is 0 Å². The molecule has 0 N–H and O–H groups in total. The van der Waals surface area contributed by atoms with Crippen LogP contribution in [0.4, 0.5) is 0 Å². The van der Waals surface area contributed by atoms with Crippen molar-refractivity contribution in [2.75, 3.05) is 7.11 Å². The van der Waals surface area contributed by atoms with Crippen LogP contribution in [0.25, 0.3) is 0 Å². The Labute approximate surface area is 121 Å². The molecular formula is C15H14N2O4. The second kappa shape index (κ2) is 6.60. The number of hydrogen-bond acceptors (Lipinski definition) is 6. The molecule has 0 spiro atoms. The first-order chi connectivity index (χ1) is 10.1. The van der Waals surface area contributed by atoms with Gasteiger partial charge in [-0.25, -0.2) is 14.6 Å². The molecule has 6 nitrogen and oxygen atoms in total. The van der Waals surface area contributed by atoms with E-state index in [2.05, 4.69) is 14.7 Å². The van der Waals surface area contributed by atoms with Crippen LogP contribution in [0.3, 0.4) is 0 Å². The topological polar surface area (TPSA) is 78.4 Å². The first kappa shape index (κ1) is 14.6. The lowest BCUT2D eigenvalue weighted by Crippen LogP contribution is -2.09. The van der Waals surface area contributed by atoms with Crippen LogP contribution in [0, 0.1) is 6.92 Å². The molecule has 108 valence electrons. The van der Waals surface area contributed by atoms with Crippen LogP contribution in [-0.2, 0) is 16.1 Å². The van der Waals surface area contributed by atoms with Gasteiger partial charge in [0.2, 0.25) is 0 Å². The molecule has 0 bridgehead atoms. The number of ether oxygens (including phenoxy) is 2. The van der Waals surface area contributed by atoms with Crippen molar-refractivity contribution in [3.05, 3.63) is 59.2 Å². The highest BCUT2D eigenvalue weighted by Crippen LogP contribution is 2.09. The lowest BCUT2D eigenvalue weighted by atomic mass is 10.1. The third-order valence-electron chi connectivity index (χ3n) is 2.71. The van der Waals surface area contributed by atoms with E-state index >= 15 is 0 Å². The third-order valence-corrected chi connectivity index (χ3v) is 2.71. The van der Waals surface area contributed by atoms with Crippen molar-refractivity contribution in [2.24, 2.45) is 0 Å². The molecule has 0 unspecified atom stereocenters. The summed E-state index contributed by atoms with van der Waals surface area (Å²) in [5.41, 5.74) is 1.95. The molecule has 0 aliphatic carbocycles. The summed E-state index contributed by atoms with van der Waals surface area (Å²) in [6.45, 7) is 1.82. The van der Waals surface area contributed by atoms with Crippen molar-refractivity contribution in [3.8, 4) is 0 Å². The fourth-order valence-electron chi connectivity index (χ4n) is 1.63. The van der Waals surface area contributed by atoms with Gasteiger partial charge in [-0.2, -0.15) is 0 Å². The van der Waals surface area contributed by atoms with Crippen LogP contribution in [0.15, 0.2) is 36.7 Å². The van der Waals surface area contributed by atoms with Crippen molar-refractivity contribution in [2.45, 2.75) is 13.5 Å². The minimum absolute atomic E-state index is 0.0409. The van der Waals surface area contributed by atoms with E-state index in [1.807, 2.05) is 0 Å². The molecule has 2 aromatic rings. The third kappa shape index (κ3) is 3.85. The molecule has 1 heterocycles. The molecule has 1 aromatic carbocycles. The van der Waals surface area contributed by atoms with Crippen molar-refractivity contribution >= 4 is 11.9 Å². The fourth-order valence-corrected chi connectivity index (χ4v) is 1.63. The van der Waals surface area contributed by atoms with Gasteiger partial charge in [0.15, 0.2) is 5.69 Å². The smallest absolute Gasteiger partial charge is 0.358 e. The van der Waals surface area contributed by atoms with Crippen molar-refractivity contribution in [3.63, 3.8) is 0 Å². The Hall–Kier alpha value is -2.76. The zero-order valence-corrected chi connectivity index (χ0v) is 11.7. The molecule has 21 heavy (non-hydrogen) atoms. The van der Waals surface area contributed by atoms with E-state index in [1.165, 1.54) is 19.5 Å². The zero-order valence-electron chi connectivity index (χ0n) is 11.7. The van der Waals surface area contributed by atoms with Gasteiger partial charge >= 0.3 is 11.9 Å². The van der Waals surface area contributed by atoms with Gasteiger partial charge in [0.25, 0.3) is 0 Å². The van der Waals surface area contributed by atoms with Crippen LogP contribution in [0.5, 0.6) is 0 Å². The maximum atomic E-state index is 11.8. The average molecular weight is 286 g/mol. The standard InChI is InChI=1S/C15H14N2O4/c1-10-7-17-13(8-16-10)15(19)21-9-11-4-3-5-12(6-11)14(18)20-2/h3-8H,9H2,1-2H3. The molecule has 0 saturated heterocycles. The highest BCUT2D eigenvalue weighted by Gasteiger charge is 2.10. The number of hydrogen-bond donors (Lipinski definition) is 0. The Morgan fingerprint density at radius 1 is 1.14 bits per heavy atom. The molecule has 6 heteroatoms. The summed E-state index contributed by atoms with van der Waals surface area (Å²) in [5.74, 6) is -1.00. The predicted molar refractivity (Wildman–Crippen MR) is 73.7 cm³/mol. The van der Waals surface area contributed by atoms with Gasteiger partial charge in [0.1, 0.15) is 6.61 Å². The minimum Gasteiger partial charge on any atom is -0.465 e. The van der Waals surface area contributed by atoms with Gasteiger partial charge in [-0.1, -0.05) is 12.1 Å². The van der Waals surface area contributed by atoms with Crippen LogP contribution >= 0.6 is 0 Å². The molecule has 0 amide bonds. The SMILES string of the molecule is COC(=O)c1cccc(COC(=O)c2cnc(C)cn2)c1. The average Bonchev–Trinajstić information content (AvgIpc) is 2.52. The normalized spacial score (nSPS) is 10.0. The number of aryl methyl sites for hydroxylation is 1. The Morgan fingerprint density at radius 2 is 1.95 bits per heavy atom. The lowest BCUT2D eigenvalue weighted by Gasteiger charge is -2.06. The summed E-state index contributed by atoms with van der Waals surface area (Å²) < 4.78 is 9.76. The van der Waals surface area contributed by atoms with Crippen molar-refractivity contribution < 1.29 is 19.1 Å². The van der Waals surface area contributed by atoms with E-state index in [-0.39, 0.29) is 12.3 Å². The van der Waals surface area contributed by atoms with Gasteiger partial charge in [-0.3, -0.25) is 4.98 Å². The molecule has 0 fully saturated rings. The van der Waals surface area contributed by atoms with Crippen LogP contribution < -0.4 is 0 Å². The number of benzene rings is 1. The van der Waals surface area contributed by atoms with Gasteiger partial charge in [0, 0.05) is 6.20 Å². The lowest BCUT2D eigenvalue weighted by molar-refractivity contribution is 0.0465. The van der Waals surface area contributed by atoms with Crippen LogP contribution in [0.1, 0.15) is 32.1 Å². The molecule has 0 aliphatic rings. The summed E-state index contributed by atoms with van der Waals surface area (Å²) in [6.07, 6.45) is 2.86. The number of esters is 2. The second-order valence-electron chi connectivity index (χ2n) is 4.31. The first-order valence-corrected chi connectivity index (χ1v) is 6.23. The van der Waals surface area contributed by atoms with Gasteiger partial charge in [0.05, 0.1) is 24.6 Å². The summed E-state index contributed by atoms with van der Waals surface area (Å²) in [4.78, 5) is 31.1. The molecule has 0 saturated carbocycles. The Bertz CT molecular complexity index is 653. The quantitative estimate of drug-likeness (QED) is 0.799. The maximum absolute atomic E-state index is 11.8. The number of rotatable bonds is 4. The van der Waals surface area contributed by atoms with E-state index in [0.29, 0.717) is 11.1 Å². The predicted octanol–water partition coefficient (Wildman–Crippen LogP) is 1.93. The van der Waals surface area contributed by atoms with Crippen LogP contribution in [-0.4, -0.2) is 29.0 Å². The van der Waals surface area contributed by atoms with Crippen molar-refractivity contribution in [1.82, 2.24) is 9.97 Å². The number of carbonyl (C=O) groups excluding carboxylic acids is 2. The number of nitrogens with zero attached hydrogens (tertiary/aromatic N) is 2. The minimum atomic E-state index is -0.564. The van der Waals surface area contributed by atoms with Gasteiger partial charge in [-0.05, 0) is 24.6 Å². The Morgan fingerprint density at radius 3 is 2.62 bits per heavy atom. The Balaban J connectivity index is 2.01. The van der Waals surface area contributed by atoms with E-state index < -0.39 is 11.9 Å². The molecule has 0 atom stereocenters. The van der Waals surface area contributed by atoms with Crippen molar-refractivity contribution in [1.29, 1.82) is 0 Å². The van der Waals surface area contributed by atoms with Gasteiger partial charge < -0.3 is 9.47 Å². The maximum Gasteiger partial charge on any atom is 0.358 e. The molecule has 0 radical (unpaired) electrons. The largest absolute Gasteiger partial charge is 0.465 e.